The number of carbonyl (C=O) groups is 1. The summed E-state index contributed by atoms with van der Waals surface area (Å²) >= 11 is 0. The second kappa shape index (κ2) is 6.08. The number of nitrogens with zero attached hydrogens (tertiary/aromatic N) is 1. The molecule has 0 spiro atoms. The molecule has 0 radical (unpaired) electrons. The lowest BCUT2D eigenvalue weighted by molar-refractivity contribution is -0.135. The van der Waals surface area contributed by atoms with Crippen molar-refractivity contribution in [2.45, 2.75) is 13.8 Å². The maximum atomic E-state index is 12.0. The summed E-state index contributed by atoms with van der Waals surface area (Å²) in [6, 6.07) is 0. The van der Waals surface area contributed by atoms with E-state index >= 15 is 0 Å². The highest BCUT2D eigenvalue weighted by Crippen LogP contribution is 2.17. The van der Waals surface area contributed by atoms with Crippen LogP contribution in [0.3, 0.4) is 0 Å². The van der Waals surface area contributed by atoms with Crippen molar-refractivity contribution in [3.8, 4) is 0 Å². The van der Waals surface area contributed by atoms with E-state index in [2.05, 4.69) is 12.2 Å². The van der Waals surface area contributed by atoms with E-state index in [1.165, 1.54) is 0 Å². The fourth-order valence-electron chi connectivity index (χ4n) is 1.88. The van der Waals surface area contributed by atoms with Gasteiger partial charge in [0.15, 0.2) is 0 Å². The van der Waals surface area contributed by atoms with Gasteiger partial charge in [0.05, 0.1) is 12.5 Å². The minimum atomic E-state index is 0.150. The lowest BCUT2D eigenvalue weighted by Crippen LogP contribution is -2.38. The fourth-order valence-corrected chi connectivity index (χ4v) is 1.88. The molecule has 1 amide bonds. The zero-order valence-electron chi connectivity index (χ0n) is 9.95. The summed E-state index contributed by atoms with van der Waals surface area (Å²) in [4.78, 5) is 13.8. The molecule has 1 aliphatic heterocycles. The van der Waals surface area contributed by atoms with Gasteiger partial charge in [0.25, 0.3) is 0 Å². The third-order valence-corrected chi connectivity index (χ3v) is 2.99. The molecule has 0 aliphatic carbocycles. The van der Waals surface area contributed by atoms with Crippen LogP contribution in [-0.4, -0.2) is 50.7 Å². The standard InChI is InChI=1S/C11H22N2O2/c1-4-15-6-5-13(3)11(14)10-8-12-7-9(10)2/h9-10,12H,4-8H2,1-3H3. The van der Waals surface area contributed by atoms with Crippen LogP contribution in [0.2, 0.25) is 0 Å². The molecule has 1 fully saturated rings. The molecule has 2 unspecified atom stereocenters. The normalized spacial score (nSPS) is 25.5. The minimum Gasteiger partial charge on any atom is -0.380 e. The Hall–Kier alpha value is -0.610. The second-order valence-corrected chi connectivity index (χ2v) is 4.20. The van der Waals surface area contributed by atoms with Gasteiger partial charge in [0.1, 0.15) is 0 Å². The van der Waals surface area contributed by atoms with Crippen molar-refractivity contribution < 1.29 is 9.53 Å². The maximum absolute atomic E-state index is 12.0. The molecule has 0 aromatic heterocycles. The molecule has 4 heteroatoms. The molecule has 0 saturated carbocycles. The zero-order chi connectivity index (χ0) is 11.3. The van der Waals surface area contributed by atoms with Gasteiger partial charge in [-0.3, -0.25) is 4.79 Å². The van der Waals surface area contributed by atoms with Crippen molar-refractivity contribution in [1.29, 1.82) is 0 Å². The van der Waals surface area contributed by atoms with E-state index in [9.17, 15) is 4.79 Å². The highest BCUT2D eigenvalue weighted by molar-refractivity contribution is 5.79. The Morgan fingerprint density at radius 2 is 2.27 bits per heavy atom. The molecule has 1 saturated heterocycles. The Balaban J connectivity index is 2.31. The molecule has 88 valence electrons. The van der Waals surface area contributed by atoms with Gasteiger partial charge in [-0.2, -0.15) is 0 Å². The minimum absolute atomic E-state index is 0.150. The predicted molar refractivity (Wildman–Crippen MR) is 59.7 cm³/mol. The summed E-state index contributed by atoms with van der Waals surface area (Å²) in [5, 5.41) is 3.25. The van der Waals surface area contributed by atoms with Crippen LogP contribution in [0.15, 0.2) is 0 Å². The van der Waals surface area contributed by atoms with Crippen molar-refractivity contribution in [2.75, 3.05) is 39.9 Å². The molecule has 0 aromatic rings. The molecule has 0 bridgehead atoms. The number of carbonyl (C=O) groups excluding carboxylic acids is 1. The van der Waals surface area contributed by atoms with Gasteiger partial charge in [-0.05, 0) is 19.4 Å². The number of amides is 1. The third-order valence-electron chi connectivity index (χ3n) is 2.99. The average molecular weight is 214 g/mol. The number of likely N-dealkylation sites (N-methyl/N-ethyl adjacent to an activating group) is 1. The van der Waals surface area contributed by atoms with Gasteiger partial charge < -0.3 is 15.0 Å². The van der Waals surface area contributed by atoms with Crippen LogP contribution in [0.5, 0.6) is 0 Å². The first kappa shape index (κ1) is 12.5. The van der Waals surface area contributed by atoms with Gasteiger partial charge in [-0.15, -0.1) is 0 Å². The fraction of sp³-hybridized carbons (Fsp3) is 0.909. The van der Waals surface area contributed by atoms with Crippen LogP contribution in [0.4, 0.5) is 0 Å². The maximum Gasteiger partial charge on any atom is 0.227 e. The summed E-state index contributed by atoms with van der Waals surface area (Å²) in [5.41, 5.74) is 0. The Morgan fingerprint density at radius 3 is 2.80 bits per heavy atom. The third kappa shape index (κ3) is 3.47. The SMILES string of the molecule is CCOCCN(C)C(=O)C1CNCC1C. The molecular weight excluding hydrogens is 192 g/mol. The molecular formula is C11H22N2O2. The highest BCUT2D eigenvalue weighted by Gasteiger charge is 2.31. The summed E-state index contributed by atoms with van der Waals surface area (Å²) in [7, 11) is 1.85. The number of ether oxygens (including phenoxy) is 1. The molecule has 4 nitrogen and oxygen atoms in total. The second-order valence-electron chi connectivity index (χ2n) is 4.20. The van der Waals surface area contributed by atoms with E-state index in [4.69, 9.17) is 4.74 Å². The summed E-state index contributed by atoms with van der Waals surface area (Å²) < 4.78 is 5.23. The summed E-state index contributed by atoms with van der Waals surface area (Å²) in [5.74, 6) is 0.843. The lowest BCUT2D eigenvalue weighted by atomic mass is 9.97. The Kier molecular flexibility index (Phi) is 5.05. The van der Waals surface area contributed by atoms with Crippen LogP contribution >= 0.6 is 0 Å². The monoisotopic (exact) mass is 214 g/mol. The van der Waals surface area contributed by atoms with E-state index in [1.807, 2.05) is 14.0 Å². The summed E-state index contributed by atoms with van der Waals surface area (Å²) in [6.45, 7) is 7.89. The van der Waals surface area contributed by atoms with Crippen molar-refractivity contribution in [1.82, 2.24) is 10.2 Å². The Bertz CT molecular complexity index is 209. The van der Waals surface area contributed by atoms with Crippen LogP contribution in [0.1, 0.15) is 13.8 Å². The van der Waals surface area contributed by atoms with Crippen molar-refractivity contribution in [3.05, 3.63) is 0 Å². The van der Waals surface area contributed by atoms with Gasteiger partial charge >= 0.3 is 0 Å². The summed E-state index contributed by atoms with van der Waals surface area (Å²) in [6.07, 6.45) is 0. The molecule has 1 heterocycles. The molecule has 15 heavy (non-hydrogen) atoms. The molecule has 0 aromatic carbocycles. The number of nitrogens with one attached hydrogen (secondary N) is 1. The van der Waals surface area contributed by atoms with Crippen molar-refractivity contribution in [3.63, 3.8) is 0 Å². The van der Waals surface area contributed by atoms with Gasteiger partial charge in [-0.1, -0.05) is 6.92 Å². The first-order valence-electron chi connectivity index (χ1n) is 5.70. The first-order chi connectivity index (χ1) is 7.16. The van der Waals surface area contributed by atoms with Crippen LogP contribution in [-0.2, 0) is 9.53 Å². The van der Waals surface area contributed by atoms with E-state index in [-0.39, 0.29) is 11.8 Å². The van der Waals surface area contributed by atoms with E-state index in [0.29, 0.717) is 25.7 Å². The van der Waals surface area contributed by atoms with Crippen LogP contribution in [0, 0.1) is 11.8 Å². The highest BCUT2D eigenvalue weighted by atomic mass is 16.5. The number of hydrogen-bond acceptors (Lipinski definition) is 3. The average Bonchev–Trinajstić information content (AvgIpc) is 2.63. The largest absolute Gasteiger partial charge is 0.380 e. The van der Waals surface area contributed by atoms with Gasteiger partial charge in [0, 0.05) is 26.7 Å². The number of rotatable bonds is 5. The lowest BCUT2D eigenvalue weighted by Gasteiger charge is -2.22. The van der Waals surface area contributed by atoms with Gasteiger partial charge in [-0.25, -0.2) is 0 Å². The van der Waals surface area contributed by atoms with Gasteiger partial charge in [0.2, 0.25) is 5.91 Å². The van der Waals surface area contributed by atoms with Crippen molar-refractivity contribution in [2.24, 2.45) is 11.8 Å². The first-order valence-corrected chi connectivity index (χ1v) is 5.70. The van der Waals surface area contributed by atoms with Crippen LogP contribution < -0.4 is 5.32 Å². The van der Waals surface area contributed by atoms with Crippen molar-refractivity contribution >= 4 is 5.91 Å². The van der Waals surface area contributed by atoms with Crippen LogP contribution in [0.25, 0.3) is 0 Å². The Morgan fingerprint density at radius 1 is 1.53 bits per heavy atom. The Labute approximate surface area is 92.0 Å². The quantitative estimate of drug-likeness (QED) is 0.671. The molecule has 1 N–H and O–H groups in total. The zero-order valence-corrected chi connectivity index (χ0v) is 9.95. The smallest absolute Gasteiger partial charge is 0.227 e. The van der Waals surface area contributed by atoms with E-state index < -0.39 is 0 Å². The molecule has 1 aliphatic rings. The van der Waals surface area contributed by atoms with E-state index in [1.54, 1.807) is 4.90 Å². The van der Waals surface area contributed by atoms with E-state index in [0.717, 1.165) is 13.1 Å². The molecule has 1 rings (SSSR count). The topological polar surface area (TPSA) is 41.6 Å². The predicted octanol–water partition coefficient (Wildman–Crippen LogP) is 0.337. The molecule has 2 atom stereocenters. The number of hydrogen-bond donors (Lipinski definition) is 1.